The summed E-state index contributed by atoms with van der Waals surface area (Å²) >= 11 is 0. The van der Waals surface area contributed by atoms with Gasteiger partial charge < -0.3 is 9.80 Å². The SMILES string of the molecule is Cc1cccnc1N1CC[C@@H](C2CCN(c3ncccn3)CC2)C1. The molecule has 0 amide bonds. The van der Waals surface area contributed by atoms with Crippen molar-refractivity contribution in [3.63, 3.8) is 0 Å². The summed E-state index contributed by atoms with van der Waals surface area (Å²) < 4.78 is 0. The number of pyridine rings is 1. The number of aromatic nitrogens is 3. The van der Waals surface area contributed by atoms with Crippen LogP contribution in [0.3, 0.4) is 0 Å². The van der Waals surface area contributed by atoms with E-state index in [0.29, 0.717) is 0 Å². The van der Waals surface area contributed by atoms with Crippen LogP contribution in [-0.2, 0) is 0 Å². The fourth-order valence-electron chi connectivity index (χ4n) is 4.20. The smallest absolute Gasteiger partial charge is 0.225 e. The van der Waals surface area contributed by atoms with Gasteiger partial charge in [0.15, 0.2) is 0 Å². The zero-order valence-corrected chi connectivity index (χ0v) is 14.3. The second-order valence-electron chi connectivity index (χ2n) is 7.01. The first-order chi connectivity index (χ1) is 11.8. The van der Waals surface area contributed by atoms with Crippen molar-refractivity contribution in [2.24, 2.45) is 11.8 Å². The number of aryl methyl sites for hydroxylation is 1. The summed E-state index contributed by atoms with van der Waals surface area (Å²) in [6, 6.07) is 6.06. The van der Waals surface area contributed by atoms with Crippen molar-refractivity contribution >= 4 is 11.8 Å². The predicted octanol–water partition coefficient (Wildman–Crippen LogP) is 2.92. The van der Waals surface area contributed by atoms with Gasteiger partial charge in [-0.25, -0.2) is 15.0 Å². The third-order valence-corrected chi connectivity index (χ3v) is 5.55. The van der Waals surface area contributed by atoms with Gasteiger partial charge in [-0.05, 0) is 55.7 Å². The summed E-state index contributed by atoms with van der Waals surface area (Å²) in [5.41, 5.74) is 1.29. The van der Waals surface area contributed by atoms with E-state index < -0.39 is 0 Å². The van der Waals surface area contributed by atoms with Crippen molar-refractivity contribution in [1.82, 2.24) is 15.0 Å². The van der Waals surface area contributed by atoms with E-state index in [4.69, 9.17) is 0 Å². The normalized spacial score (nSPS) is 22.1. The van der Waals surface area contributed by atoms with Crippen LogP contribution in [-0.4, -0.2) is 41.1 Å². The molecule has 0 unspecified atom stereocenters. The van der Waals surface area contributed by atoms with Crippen LogP contribution in [0.25, 0.3) is 0 Å². The van der Waals surface area contributed by atoms with Crippen molar-refractivity contribution < 1.29 is 0 Å². The first kappa shape index (κ1) is 15.4. The van der Waals surface area contributed by atoms with E-state index in [1.807, 2.05) is 30.7 Å². The van der Waals surface area contributed by atoms with E-state index in [0.717, 1.165) is 44.0 Å². The Morgan fingerprint density at radius 3 is 2.25 bits per heavy atom. The van der Waals surface area contributed by atoms with Gasteiger partial charge in [-0.3, -0.25) is 0 Å². The van der Waals surface area contributed by atoms with Gasteiger partial charge in [-0.15, -0.1) is 0 Å². The van der Waals surface area contributed by atoms with Crippen LogP contribution in [0.15, 0.2) is 36.8 Å². The zero-order chi connectivity index (χ0) is 16.4. The highest BCUT2D eigenvalue weighted by atomic mass is 15.3. The van der Waals surface area contributed by atoms with E-state index >= 15 is 0 Å². The van der Waals surface area contributed by atoms with Crippen molar-refractivity contribution in [3.05, 3.63) is 42.4 Å². The molecule has 2 aromatic heterocycles. The van der Waals surface area contributed by atoms with Gasteiger partial charge in [0.05, 0.1) is 0 Å². The lowest BCUT2D eigenvalue weighted by Gasteiger charge is -2.34. The third-order valence-electron chi connectivity index (χ3n) is 5.55. The van der Waals surface area contributed by atoms with E-state index in [1.165, 1.54) is 30.6 Å². The van der Waals surface area contributed by atoms with Gasteiger partial charge in [0.2, 0.25) is 5.95 Å². The van der Waals surface area contributed by atoms with Crippen LogP contribution in [0.4, 0.5) is 11.8 Å². The summed E-state index contributed by atoms with van der Waals surface area (Å²) in [6.45, 7) is 6.62. The summed E-state index contributed by atoms with van der Waals surface area (Å²) in [5.74, 6) is 3.67. The molecule has 0 radical (unpaired) electrons. The molecule has 5 heteroatoms. The maximum Gasteiger partial charge on any atom is 0.225 e. The van der Waals surface area contributed by atoms with Crippen LogP contribution in [0.2, 0.25) is 0 Å². The minimum Gasteiger partial charge on any atom is -0.356 e. The van der Waals surface area contributed by atoms with Crippen molar-refractivity contribution in [3.8, 4) is 0 Å². The molecule has 1 atom stereocenters. The Bertz CT molecular complexity index is 666. The Balaban J connectivity index is 1.35. The molecule has 4 heterocycles. The van der Waals surface area contributed by atoms with Gasteiger partial charge in [0.1, 0.15) is 5.82 Å². The van der Waals surface area contributed by atoms with E-state index in [-0.39, 0.29) is 0 Å². The van der Waals surface area contributed by atoms with Gasteiger partial charge in [0.25, 0.3) is 0 Å². The molecule has 4 rings (SSSR count). The Labute approximate surface area is 143 Å². The lowest BCUT2D eigenvalue weighted by molar-refractivity contribution is 0.292. The van der Waals surface area contributed by atoms with Gasteiger partial charge in [-0.1, -0.05) is 6.07 Å². The summed E-state index contributed by atoms with van der Waals surface area (Å²) in [5, 5.41) is 0. The number of hydrogen-bond acceptors (Lipinski definition) is 5. The molecule has 2 saturated heterocycles. The van der Waals surface area contributed by atoms with Crippen molar-refractivity contribution in [1.29, 1.82) is 0 Å². The molecule has 0 aliphatic carbocycles. The maximum atomic E-state index is 4.59. The van der Waals surface area contributed by atoms with Gasteiger partial charge in [-0.2, -0.15) is 0 Å². The van der Waals surface area contributed by atoms with E-state index in [2.05, 4.69) is 37.7 Å². The molecular formula is C19H25N5. The predicted molar refractivity (Wildman–Crippen MR) is 96.3 cm³/mol. The van der Waals surface area contributed by atoms with Crippen molar-refractivity contribution in [2.75, 3.05) is 36.0 Å². The molecule has 2 aliphatic rings. The maximum absolute atomic E-state index is 4.59. The Morgan fingerprint density at radius 1 is 0.833 bits per heavy atom. The van der Waals surface area contributed by atoms with Crippen LogP contribution < -0.4 is 9.80 Å². The zero-order valence-electron chi connectivity index (χ0n) is 14.3. The molecule has 24 heavy (non-hydrogen) atoms. The number of anilines is 2. The molecule has 5 nitrogen and oxygen atoms in total. The lowest BCUT2D eigenvalue weighted by Crippen LogP contribution is -2.37. The lowest BCUT2D eigenvalue weighted by atomic mass is 9.84. The van der Waals surface area contributed by atoms with E-state index in [1.54, 1.807) is 0 Å². The van der Waals surface area contributed by atoms with Gasteiger partial charge in [0, 0.05) is 44.8 Å². The van der Waals surface area contributed by atoms with E-state index in [9.17, 15) is 0 Å². The minimum absolute atomic E-state index is 0.797. The molecule has 2 aromatic rings. The molecule has 0 N–H and O–H groups in total. The van der Waals surface area contributed by atoms with Crippen LogP contribution in [0, 0.1) is 18.8 Å². The number of rotatable bonds is 3. The summed E-state index contributed by atoms with van der Waals surface area (Å²) in [4.78, 5) is 18.2. The third kappa shape index (κ3) is 3.07. The average Bonchev–Trinajstić information content (AvgIpc) is 3.13. The summed E-state index contributed by atoms with van der Waals surface area (Å²) in [6.07, 6.45) is 9.36. The number of hydrogen-bond donors (Lipinski definition) is 0. The largest absolute Gasteiger partial charge is 0.356 e. The second kappa shape index (κ2) is 6.75. The molecule has 2 aliphatic heterocycles. The Kier molecular flexibility index (Phi) is 4.32. The summed E-state index contributed by atoms with van der Waals surface area (Å²) in [7, 11) is 0. The quantitative estimate of drug-likeness (QED) is 0.869. The monoisotopic (exact) mass is 323 g/mol. The highest BCUT2D eigenvalue weighted by Crippen LogP contribution is 2.34. The highest BCUT2D eigenvalue weighted by molar-refractivity contribution is 5.46. The Morgan fingerprint density at radius 2 is 1.50 bits per heavy atom. The second-order valence-corrected chi connectivity index (χ2v) is 7.01. The highest BCUT2D eigenvalue weighted by Gasteiger charge is 2.33. The first-order valence-corrected chi connectivity index (χ1v) is 9.00. The molecule has 0 aromatic carbocycles. The van der Waals surface area contributed by atoms with Crippen LogP contribution in [0.1, 0.15) is 24.8 Å². The standard InChI is InChI=1S/C19H25N5/c1-15-4-2-8-20-18(15)24-13-7-17(14-24)16-5-11-23(12-6-16)19-21-9-3-10-22-19/h2-4,8-10,16-17H,5-7,11-14H2,1H3/t17-/m1/s1. The minimum atomic E-state index is 0.797. The van der Waals surface area contributed by atoms with Gasteiger partial charge >= 0.3 is 0 Å². The number of piperidine rings is 1. The fraction of sp³-hybridized carbons (Fsp3) is 0.526. The molecular weight excluding hydrogens is 298 g/mol. The molecule has 0 spiro atoms. The van der Waals surface area contributed by atoms with Crippen LogP contribution >= 0.6 is 0 Å². The molecule has 0 saturated carbocycles. The first-order valence-electron chi connectivity index (χ1n) is 9.00. The molecule has 0 bridgehead atoms. The average molecular weight is 323 g/mol. The Hall–Kier alpha value is -2.17. The van der Waals surface area contributed by atoms with Crippen molar-refractivity contribution in [2.45, 2.75) is 26.2 Å². The topological polar surface area (TPSA) is 45.2 Å². The van der Waals surface area contributed by atoms with Crippen LogP contribution in [0.5, 0.6) is 0 Å². The number of nitrogens with zero attached hydrogens (tertiary/aromatic N) is 5. The molecule has 2 fully saturated rings. The fourth-order valence-corrected chi connectivity index (χ4v) is 4.20. The molecule has 126 valence electrons.